The lowest BCUT2D eigenvalue weighted by Gasteiger charge is -2.45. The number of hydrogen-bond acceptors (Lipinski definition) is 2. The number of para-hydroxylation sites is 1. The molecule has 0 saturated carbocycles. The molecule has 0 unspecified atom stereocenters. The molecule has 0 amide bonds. The van der Waals surface area contributed by atoms with Gasteiger partial charge in [-0.05, 0) is 93.4 Å². The average Bonchev–Trinajstić information content (AvgIpc) is 3.48. The smallest absolute Gasteiger partial charge is 0.0780 e. The zero-order chi connectivity index (χ0) is 33.7. The van der Waals surface area contributed by atoms with E-state index in [0.717, 1.165) is 50.4 Å². The Labute approximate surface area is 293 Å². The summed E-state index contributed by atoms with van der Waals surface area (Å²) in [5.41, 5.74) is 14.1. The predicted molar refractivity (Wildman–Crippen MR) is 207 cm³/mol. The summed E-state index contributed by atoms with van der Waals surface area (Å²) in [6.07, 6.45) is 5.87. The number of benzene rings is 6. The maximum atomic E-state index is 4.67. The van der Waals surface area contributed by atoms with Crippen LogP contribution in [0.4, 0.5) is 11.4 Å². The van der Waals surface area contributed by atoms with Crippen LogP contribution in [0.1, 0.15) is 27.8 Å². The summed E-state index contributed by atoms with van der Waals surface area (Å²) in [6.45, 7) is 8.74. The number of anilines is 2. The van der Waals surface area contributed by atoms with Gasteiger partial charge in [0.1, 0.15) is 0 Å². The van der Waals surface area contributed by atoms with E-state index >= 15 is 0 Å². The predicted octanol–water partition coefficient (Wildman–Crippen LogP) is 11.4. The molecule has 1 spiro atoms. The van der Waals surface area contributed by atoms with Gasteiger partial charge in [-0.15, -0.1) is 0 Å². The third kappa shape index (κ3) is 4.34. The molecule has 1 aliphatic heterocycles. The van der Waals surface area contributed by atoms with Gasteiger partial charge in [-0.25, -0.2) is 0 Å². The molecule has 50 heavy (non-hydrogen) atoms. The van der Waals surface area contributed by atoms with E-state index in [9.17, 15) is 0 Å². The van der Waals surface area contributed by atoms with Crippen LogP contribution in [-0.4, -0.2) is 4.98 Å². The Hall–Kier alpha value is -6.69. The van der Waals surface area contributed by atoms with Crippen molar-refractivity contribution in [3.05, 3.63) is 222 Å². The quantitative estimate of drug-likeness (QED) is 0.179. The van der Waals surface area contributed by atoms with Crippen LogP contribution in [-0.2, 0) is 5.41 Å². The highest BCUT2D eigenvalue weighted by molar-refractivity contribution is 5.95. The molecule has 6 aromatic carbocycles. The van der Waals surface area contributed by atoms with Gasteiger partial charge in [-0.1, -0.05) is 134 Å². The van der Waals surface area contributed by atoms with E-state index in [4.69, 9.17) is 0 Å². The van der Waals surface area contributed by atoms with E-state index in [1.807, 2.05) is 24.4 Å². The minimum Gasteiger partial charge on any atom is -0.310 e. The summed E-state index contributed by atoms with van der Waals surface area (Å²) in [6, 6.07) is 53.5. The number of allylic oxidation sites excluding steroid dienone is 3. The topological polar surface area (TPSA) is 16.1 Å². The molecule has 0 bridgehead atoms. The van der Waals surface area contributed by atoms with E-state index in [2.05, 4.69) is 180 Å². The van der Waals surface area contributed by atoms with Crippen LogP contribution in [0.2, 0.25) is 0 Å². The van der Waals surface area contributed by atoms with Crippen LogP contribution in [0.3, 0.4) is 0 Å². The summed E-state index contributed by atoms with van der Waals surface area (Å²) >= 11 is 0. The van der Waals surface area contributed by atoms with Gasteiger partial charge in [0.05, 0.1) is 22.5 Å². The molecule has 1 aromatic heterocycles. The Morgan fingerprint density at radius 1 is 0.560 bits per heavy atom. The van der Waals surface area contributed by atoms with Crippen LogP contribution in [0, 0.1) is 11.8 Å². The molecule has 1 aliphatic carbocycles. The number of hydrogen-bond donors (Lipinski definition) is 0. The van der Waals surface area contributed by atoms with Crippen LogP contribution in [0.25, 0.3) is 33.2 Å². The fourth-order valence-corrected chi connectivity index (χ4v) is 8.02. The average molecular weight is 637 g/mol. The standard InChI is InChI=1S/C48H32N2/c1-3-41-45(4-2)50(46-20-12-11-19-44(46)48(41)42-17-9-7-15-39(42)40-16-8-10-18-43(40)48)37-29-25-34(26-30-37)22-21-33-23-27-36(28-24-33)47-38-14-6-5-13-35(38)31-32-49-47/h3-20,23-32H,1-2H2. The normalized spacial score (nSPS) is 13.6. The van der Waals surface area contributed by atoms with Crippen LogP contribution >= 0.6 is 0 Å². The Morgan fingerprint density at radius 3 is 1.80 bits per heavy atom. The summed E-state index contributed by atoms with van der Waals surface area (Å²) in [4.78, 5) is 6.98. The Kier molecular flexibility index (Phi) is 6.93. The van der Waals surface area contributed by atoms with Gasteiger partial charge in [0.25, 0.3) is 0 Å². The second-order valence-electron chi connectivity index (χ2n) is 12.7. The Morgan fingerprint density at radius 2 is 1.14 bits per heavy atom. The zero-order valence-corrected chi connectivity index (χ0v) is 27.5. The van der Waals surface area contributed by atoms with E-state index in [1.54, 1.807) is 0 Å². The molecule has 0 atom stereocenters. The number of pyridine rings is 1. The number of aromatic nitrogens is 1. The maximum absolute atomic E-state index is 4.67. The van der Waals surface area contributed by atoms with Crippen LogP contribution in [0.15, 0.2) is 194 Å². The minimum absolute atomic E-state index is 0.504. The number of rotatable bonds is 4. The van der Waals surface area contributed by atoms with Crippen molar-refractivity contribution in [2.24, 2.45) is 0 Å². The van der Waals surface area contributed by atoms with Crippen molar-refractivity contribution in [2.75, 3.05) is 4.90 Å². The van der Waals surface area contributed by atoms with Gasteiger partial charge in [-0.3, -0.25) is 4.98 Å². The lowest BCUT2D eigenvalue weighted by atomic mass is 9.64. The molecule has 234 valence electrons. The fourth-order valence-electron chi connectivity index (χ4n) is 8.02. The molecule has 2 nitrogen and oxygen atoms in total. The molecular formula is C48H32N2. The van der Waals surface area contributed by atoms with Crippen molar-refractivity contribution < 1.29 is 0 Å². The second-order valence-corrected chi connectivity index (χ2v) is 12.7. The van der Waals surface area contributed by atoms with Crippen molar-refractivity contribution in [1.82, 2.24) is 4.98 Å². The second kappa shape index (κ2) is 11.8. The van der Waals surface area contributed by atoms with Crippen molar-refractivity contribution in [1.29, 1.82) is 0 Å². The first-order valence-electron chi connectivity index (χ1n) is 16.9. The fraction of sp³-hybridized carbons (Fsp3) is 0.0208. The van der Waals surface area contributed by atoms with Crippen molar-refractivity contribution in [2.45, 2.75) is 5.41 Å². The zero-order valence-electron chi connectivity index (χ0n) is 27.5. The van der Waals surface area contributed by atoms with E-state index in [1.165, 1.54) is 33.2 Å². The maximum Gasteiger partial charge on any atom is 0.0780 e. The molecule has 9 rings (SSSR count). The molecule has 2 heterocycles. The highest BCUT2D eigenvalue weighted by Gasteiger charge is 2.51. The van der Waals surface area contributed by atoms with E-state index < -0.39 is 5.41 Å². The monoisotopic (exact) mass is 636 g/mol. The minimum atomic E-state index is -0.504. The largest absolute Gasteiger partial charge is 0.310 e. The van der Waals surface area contributed by atoms with Gasteiger partial charge >= 0.3 is 0 Å². The third-order valence-electron chi connectivity index (χ3n) is 10.1. The Balaban J connectivity index is 1.09. The molecule has 0 saturated heterocycles. The first-order chi connectivity index (χ1) is 24.7. The first kappa shape index (κ1) is 29.4. The Bertz CT molecular complexity index is 2520. The molecule has 2 heteroatoms. The van der Waals surface area contributed by atoms with Crippen molar-refractivity contribution >= 4 is 22.1 Å². The van der Waals surface area contributed by atoms with Gasteiger partial charge in [0.15, 0.2) is 0 Å². The summed E-state index contributed by atoms with van der Waals surface area (Å²) in [7, 11) is 0. The molecular weight excluding hydrogens is 605 g/mol. The molecule has 0 radical (unpaired) electrons. The molecule has 7 aromatic rings. The summed E-state index contributed by atoms with van der Waals surface area (Å²) < 4.78 is 0. The third-order valence-corrected chi connectivity index (χ3v) is 10.1. The number of fused-ring (bicyclic) bond motifs is 8. The van der Waals surface area contributed by atoms with Gasteiger partial charge < -0.3 is 4.90 Å². The van der Waals surface area contributed by atoms with E-state index in [0.29, 0.717) is 0 Å². The van der Waals surface area contributed by atoms with Crippen LogP contribution < -0.4 is 4.90 Å². The lowest BCUT2D eigenvalue weighted by molar-refractivity contribution is 0.738. The summed E-state index contributed by atoms with van der Waals surface area (Å²) in [5, 5.41) is 2.33. The highest BCUT2D eigenvalue weighted by Crippen LogP contribution is 2.61. The first-order valence-corrected chi connectivity index (χ1v) is 16.9. The van der Waals surface area contributed by atoms with E-state index in [-0.39, 0.29) is 0 Å². The lowest BCUT2D eigenvalue weighted by Crippen LogP contribution is -2.38. The highest BCUT2D eigenvalue weighted by atomic mass is 15.2. The van der Waals surface area contributed by atoms with Gasteiger partial charge in [-0.2, -0.15) is 0 Å². The van der Waals surface area contributed by atoms with Crippen LogP contribution in [0.5, 0.6) is 0 Å². The SMILES string of the molecule is C=CC1=C(C=C)C2(c3ccccc3-c3ccccc32)c2ccccc2N1c1ccc(C#Cc2ccc(-c3nccc4ccccc34)cc2)cc1. The van der Waals surface area contributed by atoms with Crippen molar-refractivity contribution in [3.63, 3.8) is 0 Å². The molecule has 2 aliphatic rings. The van der Waals surface area contributed by atoms with Gasteiger partial charge in [0, 0.05) is 34.0 Å². The molecule has 0 N–H and O–H groups in total. The van der Waals surface area contributed by atoms with Crippen molar-refractivity contribution in [3.8, 4) is 34.2 Å². The molecule has 0 fully saturated rings. The van der Waals surface area contributed by atoms with Gasteiger partial charge in [0.2, 0.25) is 0 Å². The summed E-state index contributed by atoms with van der Waals surface area (Å²) in [5.74, 6) is 6.73. The number of nitrogens with zero attached hydrogens (tertiary/aromatic N) is 2.